The number of halogens is 1. The van der Waals surface area contributed by atoms with Crippen molar-refractivity contribution in [2.45, 2.75) is 12.5 Å². The first kappa shape index (κ1) is 23.6. The first-order valence-corrected chi connectivity index (χ1v) is 10.6. The summed E-state index contributed by atoms with van der Waals surface area (Å²) in [6, 6.07) is 10.9. The van der Waals surface area contributed by atoms with Gasteiger partial charge in [0.05, 0.1) is 25.8 Å². The molecule has 0 saturated carbocycles. The summed E-state index contributed by atoms with van der Waals surface area (Å²) in [6.07, 6.45) is 0.657. The van der Waals surface area contributed by atoms with Gasteiger partial charge in [-0.3, -0.25) is 9.59 Å². The highest BCUT2D eigenvalue weighted by Crippen LogP contribution is 2.45. The normalized spacial score (nSPS) is 17.8. The van der Waals surface area contributed by atoms with E-state index >= 15 is 0 Å². The van der Waals surface area contributed by atoms with E-state index in [1.165, 1.54) is 19.1 Å². The van der Waals surface area contributed by atoms with Gasteiger partial charge in [-0.1, -0.05) is 23.7 Å². The Hall–Kier alpha value is -3.03. The largest absolute Gasteiger partial charge is 0.507 e. The van der Waals surface area contributed by atoms with E-state index in [9.17, 15) is 14.7 Å². The maximum absolute atomic E-state index is 13.1. The van der Waals surface area contributed by atoms with Crippen LogP contribution >= 0.6 is 11.6 Å². The van der Waals surface area contributed by atoms with Crippen molar-refractivity contribution < 1.29 is 24.2 Å². The average molecular weight is 459 g/mol. The summed E-state index contributed by atoms with van der Waals surface area (Å²) in [6.45, 7) is 1.08. The van der Waals surface area contributed by atoms with Gasteiger partial charge in [0.1, 0.15) is 5.76 Å². The highest BCUT2D eigenvalue weighted by atomic mass is 35.5. The number of ketones is 1. The van der Waals surface area contributed by atoms with Crippen LogP contribution < -0.4 is 9.47 Å². The molecule has 2 aromatic rings. The summed E-state index contributed by atoms with van der Waals surface area (Å²) >= 11 is 5.97. The fourth-order valence-corrected chi connectivity index (χ4v) is 4.01. The Labute approximate surface area is 192 Å². The van der Waals surface area contributed by atoms with Gasteiger partial charge < -0.3 is 24.4 Å². The molecule has 0 aromatic heterocycles. The van der Waals surface area contributed by atoms with Gasteiger partial charge in [-0.05, 0) is 57.4 Å². The smallest absolute Gasteiger partial charge is 0.295 e. The molecule has 1 aliphatic rings. The molecule has 0 spiro atoms. The van der Waals surface area contributed by atoms with Crippen LogP contribution in [0.4, 0.5) is 0 Å². The third-order valence-corrected chi connectivity index (χ3v) is 5.64. The van der Waals surface area contributed by atoms with Crippen LogP contribution in [-0.2, 0) is 9.59 Å². The van der Waals surface area contributed by atoms with Crippen molar-refractivity contribution in [2.24, 2.45) is 0 Å². The van der Waals surface area contributed by atoms with E-state index in [4.69, 9.17) is 21.1 Å². The third kappa shape index (κ3) is 4.59. The molecular formula is C24H27ClN2O5. The minimum absolute atomic E-state index is 0.00808. The number of hydrogen-bond acceptors (Lipinski definition) is 6. The van der Waals surface area contributed by atoms with Gasteiger partial charge in [-0.25, -0.2) is 0 Å². The van der Waals surface area contributed by atoms with Crippen LogP contribution in [0, 0.1) is 0 Å². The Balaban J connectivity index is 2.19. The number of methoxy groups -OCH3 is 2. The molecule has 3 rings (SSSR count). The minimum Gasteiger partial charge on any atom is -0.507 e. The first-order chi connectivity index (χ1) is 15.3. The van der Waals surface area contributed by atoms with Crippen molar-refractivity contribution in [3.05, 3.63) is 64.2 Å². The quantitative estimate of drug-likeness (QED) is 0.369. The Morgan fingerprint density at radius 1 is 1.09 bits per heavy atom. The minimum atomic E-state index is -0.821. The molecule has 1 aliphatic heterocycles. The van der Waals surface area contributed by atoms with Crippen molar-refractivity contribution in [3.8, 4) is 11.5 Å². The fraction of sp³-hybridized carbons (Fsp3) is 0.333. The van der Waals surface area contributed by atoms with Gasteiger partial charge in [0.2, 0.25) is 0 Å². The third-order valence-electron chi connectivity index (χ3n) is 5.39. The highest BCUT2D eigenvalue weighted by molar-refractivity contribution is 6.46. The van der Waals surface area contributed by atoms with Crippen LogP contribution in [0.15, 0.2) is 48.0 Å². The topological polar surface area (TPSA) is 79.3 Å². The number of carbonyl (C=O) groups is 2. The zero-order valence-electron chi connectivity index (χ0n) is 18.6. The van der Waals surface area contributed by atoms with E-state index in [2.05, 4.69) is 0 Å². The van der Waals surface area contributed by atoms with Crippen LogP contribution in [-0.4, -0.2) is 68.0 Å². The van der Waals surface area contributed by atoms with Crippen molar-refractivity contribution in [1.29, 1.82) is 0 Å². The lowest BCUT2D eigenvalue weighted by atomic mass is 9.94. The number of benzene rings is 2. The van der Waals surface area contributed by atoms with Gasteiger partial charge in [-0.2, -0.15) is 0 Å². The van der Waals surface area contributed by atoms with Crippen LogP contribution in [0.2, 0.25) is 5.02 Å². The molecule has 1 amide bonds. The number of amides is 1. The summed E-state index contributed by atoms with van der Waals surface area (Å²) in [5.41, 5.74) is 0.965. The van der Waals surface area contributed by atoms with Gasteiger partial charge in [-0.15, -0.1) is 0 Å². The Bertz CT molecular complexity index is 1030. The maximum atomic E-state index is 13.1. The lowest BCUT2D eigenvalue weighted by Crippen LogP contribution is -2.32. The first-order valence-electron chi connectivity index (χ1n) is 10.2. The molecule has 1 heterocycles. The SMILES string of the molecule is COc1cccc([C@@H]2C(=C(O)c3ccc(Cl)cc3)C(=O)C(=O)N2CCCN(C)C)c1OC. The molecule has 7 nitrogen and oxygen atoms in total. The summed E-state index contributed by atoms with van der Waals surface area (Å²) in [5.74, 6) is -0.784. The average Bonchev–Trinajstić information content (AvgIpc) is 3.03. The Kier molecular flexibility index (Phi) is 7.43. The zero-order chi connectivity index (χ0) is 23.4. The molecule has 32 heavy (non-hydrogen) atoms. The molecule has 0 unspecified atom stereocenters. The number of rotatable bonds is 8. The Morgan fingerprint density at radius 2 is 1.78 bits per heavy atom. The molecule has 1 atom stereocenters. The second-order valence-corrected chi connectivity index (χ2v) is 8.18. The summed E-state index contributed by atoms with van der Waals surface area (Å²) in [7, 11) is 6.90. The number of aliphatic hydroxyl groups is 1. The van der Waals surface area contributed by atoms with Crippen LogP contribution in [0.5, 0.6) is 11.5 Å². The van der Waals surface area contributed by atoms with E-state index in [1.807, 2.05) is 19.0 Å². The number of ether oxygens (including phenoxy) is 2. The summed E-state index contributed by atoms with van der Waals surface area (Å²) in [4.78, 5) is 29.7. The number of para-hydroxylation sites is 1. The van der Waals surface area contributed by atoms with E-state index < -0.39 is 17.7 Å². The number of likely N-dealkylation sites (tertiary alicyclic amines) is 1. The lowest BCUT2D eigenvalue weighted by Gasteiger charge is -2.27. The van der Waals surface area contributed by atoms with E-state index in [0.717, 1.165) is 6.54 Å². The van der Waals surface area contributed by atoms with Crippen LogP contribution in [0.1, 0.15) is 23.6 Å². The molecular weight excluding hydrogens is 432 g/mol. The lowest BCUT2D eigenvalue weighted by molar-refractivity contribution is -0.140. The number of carbonyl (C=O) groups excluding carboxylic acids is 2. The van der Waals surface area contributed by atoms with Crippen molar-refractivity contribution in [3.63, 3.8) is 0 Å². The van der Waals surface area contributed by atoms with Gasteiger partial charge in [0.25, 0.3) is 11.7 Å². The molecule has 1 saturated heterocycles. The van der Waals surface area contributed by atoms with E-state index in [-0.39, 0.29) is 11.3 Å². The zero-order valence-corrected chi connectivity index (χ0v) is 19.3. The fourth-order valence-electron chi connectivity index (χ4n) is 3.88. The van der Waals surface area contributed by atoms with Crippen molar-refractivity contribution >= 4 is 29.1 Å². The van der Waals surface area contributed by atoms with Gasteiger partial charge >= 0.3 is 0 Å². The predicted molar refractivity (Wildman–Crippen MR) is 123 cm³/mol. The standard InChI is InChI=1S/C24H27ClN2O5/c1-26(2)13-6-14-27-20(17-7-5-8-18(31-3)23(17)32-4)19(22(29)24(27)30)21(28)15-9-11-16(25)12-10-15/h5,7-12,20,28H,6,13-14H2,1-4H3/t20-/m1/s1. The number of nitrogens with zero attached hydrogens (tertiary/aromatic N) is 2. The van der Waals surface area contributed by atoms with E-state index in [1.54, 1.807) is 42.5 Å². The highest BCUT2D eigenvalue weighted by Gasteiger charge is 2.47. The molecule has 0 radical (unpaired) electrons. The van der Waals surface area contributed by atoms with Crippen LogP contribution in [0.3, 0.4) is 0 Å². The Morgan fingerprint density at radius 3 is 2.38 bits per heavy atom. The molecule has 2 aromatic carbocycles. The van der Waals surface area contributed by atoms with Crippen molar-refractivity contribution in [1.82, 2.24) is 9.80 Å². The van der Waals surface area contributed by atoms with Gasteiger partial charge in [0, 0.05) is 22.7 Å². The molecule has 1 N–H and O–H groups in total. The molecule has 0 bridgehead atoms. The monoisotopic (exact) mass is 458 g/mol. The molecule has 1 fully saturated rings. The van der Waals surface area contributed by atoms with E-state index in [0.29, 0.717) is 40.6 Å². The molecule has 170 valence electrons. The molecule has 8 heteroatoms. The second-order valence-electron chi connectivity index (χ2n) is 7.74. The van der Waals surface area contributed by atoms with Crippen LogP contribution in [0.25, 0.3) is 5.76 Å². The number of aliphatic hydroxyl groups excluding tert-OH is 1. The summed E-state index contributed by atoms with van der Waals surface area (Å²) in [5, 5.41) is 11.6. The maximum Gasteiger partial charge on any atom is 0.295 e. The van der Waals surface area contributed by atoms with Gasteiger partial charge in [0.15, 0.2) is 11.5 Å². The second kappa shape index (κ2) is 10.1. The molecule has 0 aliphatic carbocycles. The number of hydrogen-bond donors (Lipinski definition) is 1. The summed E-state index contributed by atoms with van der Waals surface area (Å²) < 4.78 is 11.0. The predicted octanol–water partition coefficient (Wildman–Crippen LogP) is 3.73. The van der Waals surface area contributed by atoms with Crippen molar-refractivity contribution in [2.75, 3.05) is 41.4 Å². The number of Topliss-reactive ketones (excluding diaryl/α,β-unsaturated/α-hetero) is 1.